The minimum Gasteiger partial charge on any atom is -0.480 e. The molecular weight excluding hydrogens is 258 g/mol. The zero-order valence-corrected chi connectivity index (χ0v) is 10.9. The van der Waals surface area contributed by atoms with Crippen LogP contribution in [0.5, 0.6) is 0 Å². The van der Waals surface area contributed by atoms with Crippen LogP contribution in [0.15, 0.2) is 0 Å². The van der Waals surface area contributed by atoms with E-state index >= 15 is 0 Å². The van der Waals surface area contributed by atoms with Gasteiger partial charge in [-0.3, -0.25) is 4.79 Å². The minimum atomic E-state index is -1.34. The van der Waals surface area contributed by atoms with E-state index in [1.165, 1.54) is 6.92 Å². The second-order valence-electron chi connectivity index (χ2n) is 3.83. The van der Waals surface area contributed by atoms with Crippen LogP contribution in [0.2, 0.25) is 0 Å². The van der Waals surface area contributed by atoms with Crippen LogP contribution in [0.3, 0.4) is 0 Å². The smallest absolute Gasteiger partial charge is 0.328 e. The Balaban J connectivity index is 2.80. The lowest BCUT2D eigenvalue weighted by atomic mass is 10.1. The molecular formula is C10H15N3O4S. The summed E-state index contributed by atoms with van der Waals surface area (Å²) in [5, 5.41) is 24.2. The normalized spacial score (nSPS) is 13.9. The van der Waals surface area contributed by atoms with Gasteiger partial charge in [0.15, 0.2) is 6.04 Å². The number of carboxylic acids is 1. The van der Waals surface area contributed by atoms with Gasteiger partial charge in [0, 0.05) is 0 Å². The summed E-state index contributed by atoms with van der Waals surface area (Å²) in [6, 6.07) is -1.34. The van der Waals surface area contributed by atoms with Gasteiger partial charge in [0.1, 0.15) is 4.88 Å². The van der Waals surface area contributed by atoms with E-state index in [2.05, 4.69) is 14.9 Å². The van der Waals surface area contributed by atoms with Crippen LogP contribution in [0.4, 0.5) is 0 Å². The number of carbonyl (C=O) groups excluding carboxylic acids is 1. The Morgan fingerprint density at radius 1 is 1.50 bits per heavy atom. The Bertz CT molecular complexity index is 433. The van der Waals surface area contributed by atoms with E-state index in [1.807, 2.05) is 6.92 Å². The fourth-order valence-corrected chi connectivity index (χ4v) is 1.99. The Hall–Kier alpha value is -1.54. The highest BCUT2D eigenvalue weighted by Gasteiger charge is 2.27. The van der Waals surface area contributed by atoms with Crippen molar-refractivity contribution in [2.75, 3.05) is 0 Å². The monoisotopic (exact) mass is 273 g/mol. The summed E-state index contributed by atoms with van der Waals surface area (Å²) >= 11 is 0.915. The lowest BCUT2D eigenvalue weighted by molar-refractivity contribution is -0.141. The van der Waals surface area contributed by atoms with Gasteiger partial charge in [0.2, 0.25) is 0 Å². The van der Waals surface area contributed by atoms with Crippen LogP contribution in [0.1, 0.15) is 35.6 Å². The summed E-state index contributed by atoms with van der Waals surface area (Å²) in [5.41, 5.74) is 0.551. The first-order valence-electron chi connectivity index (χ1n) is 5.50. The largest absolute Gasteiger partial charge is 0.480 e. The maximum Gasteiger partial charge on any atom is 0.328 e. The fourth-order valence-electron chi connectivity index (χ4n) is 1.38. The molecule has 1 heterocycles. The fraction of sp³-hybridized carbons (Fsp3) is 0.600. The Morgan fingerprint density at radius 2 is 2.17 bits per heavy atom. The molecule has 8 heteroatoms. The summed E-state index contributed by atoms with van der Waals surface area (Å²) in [5.74, 6) is -1.85. The quantitative estimate of drug-likeness (QED) is 0.675. The molecule has 18 heavy (non-hydrogen) atoms. The van der Waals surface area contributed by atoms with E-state index in [1.54, 1.807) is 0 Å². The van der Waals surface area contributed by atoms with Crippen molar-refractivity contribution < 1.29 is 19.8 Å². The first-order chi connectivity index (χ1) is 8.47. The summed E-state index contributed by atoms with van der Waals surface area (Å²) in [4.78, 5) is 23.0. The van der Waals surface area contributed by atoms with E-state index in [-0.39, 0.29) is 0 Å². The minimum absolute atomic E-state index is 0.295. The number of rotatable bonds is 6. The van der Waals surface area contributed by atoms with Crippen molar-refractivity contribution in [1.29, 1.82) is 0 Å². The highest BCUT2D eigenvalue weighted by Crippen LogP contribution is 2.12. The lowest BCUT2D eigenvalue weighted by Crippen LogP contribution is -2.47. The molecule has 0 aromatic carbocycles. The molecule has 100 valence electrons. The van der Waals surface area contributed by atoms with Crippen LogP contribution in [-0.4, -0.2) is 43.8 Å². The molecule has 0 saturated heterocycles. The Kier molecular flexibility index (Phi) is 5.17. The third kappa shape index (κ3) is 3.47. The predicted octanol–water partition coefficient (Wildman–Crippen LogP) is 0.0544. The molecule has 0 spiro atoms. The van der Waals surface area contributed by atoms with Gasteiger partial charge >= 0.3 is 5.97 Å². The first-order valence-corrected chi connectivity index (χ1v) is 6.27. The second kappa shape index (κ2) is 6.41. The van der Waals surface area contributed by atoms with E-state index in [9.17, 15) is 14.7 Å². The third-order valence-corrected chi connectivity index (χ3v) is 3.05. The van der Waals surface area contributed by atoms with Crippen LogP contribution < -0.4 is 5.32 Å². The molecule has 3 N–H and O–H groups in total. The zero-order valence-electron chi connectivity index (χ0n) is 10.1. The highest BCUT2D eigenvalue weighted by atomic mass is 32.1. The SMILES string of the molecule is CCCc1nnsc1C(=O)NC(C(=O)O)C(C)O. The second-order valence-corrected chi connectivity index (χ2v) is 4.58. The number of aliphatic hydroxyl groups excluding tert-OH is 1. The number of hydrogen-bond donors (Lipinski definition) is 3. The Morgan fingerprint density at radius 3 is 2.67 bits per heavy atom. The summed E-state index contributed by atoms with van der Waals surface area (Å²) in [6.45, 7) is 3.24. The summed E-state index contributed by atoms with van der Waals surface area (Å²) < 4.78 is 3.68. The van der Waals surface area contributed by atoms with E-state index in [4.69, 9.17) is 5.11 Å². The molecule has 1 aromatic heterocycles. The summed E-state index contributed by atoms with van der Waals surface area (Å²) in [6.07, 6.45) is 0.234. The van der Waals surface area contributed by atoms with Crippen molar-refractivity contribution in [2.45, 2.75) is 38.8 Å². The molecule has 0 bridgehead atoms. The van der Waals surface area contributed by atoms with Crippen molar-refractivity contribution in [1.82, 2.24) is 14.9 Å². The van der Waals surface area contributed by atoms with Gasteiger partial charge in [-0.1, -0.05) is 17.8 Å². The number of nitrogens with one attached hydrogen (secondary N) is 1. The number of aromatic nitrogens is 2. The standard InChI is InChI=1S/C10H15N3O4S/c1-3-4-6-8(18-13-12-6)9(15)11-7(5(2)14)10(16)17/h5,7,14H,3-4H2,1-2H3,(H,11,15)(H,16,17). The van der Waals surface area contributed by atoms with Crippen molar-refractivity contribution in [3.05, 3.63) is 10.6 Å². The number of aryl methyl sites for hydroxylation is 1. The molecule has 1 amide bonds. The van der Waals surface area contributed by atoms with Crippen LogP contribution in [-0.2, 0) is 11.2 Å². The number of carbonyl (C=O) groups is 2. The maximum atomic E-state index is 11.9. The number of hydrogen-bond acceptors (Lipinski definition) is 6. The molecule has 1 rings (SSSR count). The topological polar surface area (TPSA) is 112 Å². The van der Waals surface area contributed by atoms with Crippen molar-refractivity contribution in [3.8, 4) is 0 Å². The number of aliphatic carboxylic acids is 1. The molecule has 0 fully saturated rings. The van der Waals surface area contributed by atoms with Crippen molar-refractivity contribution in [3.63, 3.8) is 0 Å². The lowest BCUT2D eigenvalue weighted by Gasteiger charge is -2.16. The molecule has 0 radical (unpaired) electrons. The number of nitrogens with zero attached hydrogens (tertiary/aromatic N) is 2. The van der Waals surface area contributed by atoms with Gasteiger partial charge in [0.25, 0.3) is 5.91 Å². The van der Waals surface area contributed by atoms with Crippen LogP contribution in [0.25, 0.3) is 0 Å². The Labute approximate surface area is 108 Å². The van der Waals surface area contributed by atoms with E-state index < -0.39 is 24.0 Å². The predicted molar refractivity (Wildman–Crippen MR) is 64.5 cm³/mol. The molecule has 0 aliphatic rings. The van der Waals surface area contributed by atoms with Crippen LogP contribution in [0, 0.1) is 0 Å². The molecule has 1 aromatic rings. The number of carboxylic acid groups (broad SMARTS) is 1. The molecule has 2 unspecified atom stereocenters. The van der Waals surface area contributed by atoms with Gasteiger partial charge in [-0.2, -0.15) is 0 Å². The molecule has 7 nitrogen and oxygen atoms in total. The third-order valence-electron chi connectivity index (χ3n) is 2.28. The molecule has 0 saturated carbocycles. The van der Waals surface area contributed by atoms with E-state index in [0.717, 1.165) is 18.0 Å². The van der Waals surface area contributed by atoms with Crippen molar-refractivity contribution >= 4 is 23.4 Å². The maximum absolute atomic E-state index is 11.9. The van der Waals surface area contributed by atoms with Gasteiger partial charge in [-0.05, 0) is 24.9 Å². The average Bonchev–Trinajstić information content (AvgIpc) is 2.73. The summed E-state index contributed by atoms with van der Waals surface area (Å²) in [7, 11) is 0. The molecule has 2 atom stereocenters. The van der Waals surface area contributed by atoms with Crippen LogP contribution >= 0.6 is 11.5 Å². The van der Waals surface area contributed by atoms with Gasteiger partial charge < -0.3 is 15.5 Å². The van der Waals surface area contributed by atoms with Gasteiger partial charge in [-0.15, -0.1) is 5.10 Å². The average molecular weight is 273 g/mol. The molecule has 0 aliphatic carbocycles. The van der Waals surface area contributed by atoms with Gasteiger partial charge in [0.05, 0.1) is 11.8 Å². The van der Waals surface area contributed by atoms with Crippen molar-refractivity contribution in [2.24, 2.45) is 0 Å². The number of amides is 1. The molecule has 0 aliphatic heterocycles. The van der Waals surface area contributed by atoms with E-state index in [0.29, 0.717) is 17.0 Å². The van der Waals surface area contributed by atoms with Gasteiger partial charge in [-0.25, -0.2) is 4.79 Å². The highest BCUT2D eigenvalue weighted by molar-refractivity contribution is 7.08. The first kappa shape index (κ1) is 14.5. The zero-order chi connectivity index (χ0) is 13.7. The number of aliphatic hydroxyl groups is 1.